The summed E-state index contributed by atoms with van der Waals surface area (Å²) in [6.45, 7) is 1.64. The van der Waals surface area contributed by atoms with Gasteiger partial charge in [0.2, 0.25) is 0 Å². The number of halogens is 3. The van der Waals surface area contributed by atoms with Crippen molar-refractivity contribution in [2.24, 2.45) is 5.10 Å². The average Bonchev–Trinajstić information content (AvgIpc) is 2.70. The number of benzene rings is 2. The maximum atomic E-state index is 13.0. The first-order valence-electron chi connectivity index (χ1n) is 8.79. The summed E-state index contributed by atoms with van der Waals surface area (Å²) in [6, 6.07) is 11.9. The van der Waals surface area contributed by atoms with E-state index in [1.807, 2.05) is 0 Å². The molecule has 0 aliphatic rings. The Morgan fingerprint density at radius 1 is 1.13 bits per heavy atom. The predicted octanol–water partition coefficient (Wildman–Crippen LogP) is 3.88. The van der Waals surface area contributed by atoms with E-state index in [2.05, 4.69) is 15.8 Å². The molecule has 6 nitrogen and oxygen atoms in total. The van der Waals surface area contributed by atoms with E-state index in [1.165, 1.54) is 23.1 Å². The minimum atomic E-state index is -4.50. The van der Waals surface area contributed by atoms with Gasteiger partial charge in [0.15, 0.2) is 11.7 Å². The standard InChI is InChI=1S/C20H21F3N4O2S/c1-13(14-8-10-15(11-9-14)29-12-18(28)27(2)3)25-26-19(30)24-17-7-5-4-6-16(17)20(21,22)23/h4-11H,12H2,1-3H3,(H2,24,26,30)/b25-13+. The van der Waals surface area contributed by atoms with Crippen molar-refractivity contribution in [1.29, 1.82) is 0 Å². The summed E-state index contributed by atoms with van der Waals surface area (Å²) in [6.07, 6.45) is -4.50. The number of amides is 1. The minimum absolute atomic E-state index is 0.0691. The number of ether oxygens (including phenoxy) is 1. The first-order chi connectivity index (χ1) is 14.1. The number of nitrogens with zero attached hydrogens (tertiary/aromatic N) is 2. The predicted molar refractivity (Wildman–Crippen MR) is 114 cm³/mol. The van der Waals surface area contributed by atoms with Crippen LogP contribution >= 0.6 is 12.2 Å². The summed E-state index contributed by atoms with van der Waals surface area (Å²) < 4.78 is 44.5. The fourth-order valence-corrected chi connectivity index (χ4v) is 2.41. The maximum absolute atomic E-state index is 13.0. The van der Waals surface area contributed by atoms with E-state index in [0.29, 0.717) is 11.5 Å². The molecule has 0 aromatic heterocycles. The smallest absolute Gasteiger partial charge is 0.418 e. The van der Waals surface area contributed by atoms with Crippen LogP contribution in [0.2, 0.25) is 0 Å². The molecule has 0 aliphatic heterocycles. The van der Waals surface area contributed by atoms with Crippen LogP contribution in [0.4, 0.5) is 18.9 Å². The molecule has 0 aliphatic carbocycles. The molecule has 0 heterocycles. The lowest BCUT2D eigenvalue weighted by atomic mass is 10.1. The minimum Gasteiger partial charge on any atom is -0.484 e. The molecule has 0 bridgehead atoms. The zero-order chi connectivity index (χ0) is 22.3. The third kappa shape index (κ3) is 6.73. The van der Waals surface area contributed by atoms with Crippen molar-refractivity contribution in [2.45, 2.75) is 13.1 Å². The van der Waals surface area contributed by atoms with Gasteiger partial charge in [-0.1, -0.05) is 12.1 Å². The first kappa shape index (κ1) is 23.1. The van der Waals surface area contributed by atoms with Gasteiger partial charge in [-0.25, -0.2) is 0 Å². The Hall–Kier alpha value is -3.14. The largest absolute Gasteiger partial charge is 0.484 e. The zero-order valence-electron chi connectivity index (χ0n) is 16.6. The van der Waals surface area contributed by atoms with Crippen LogP contribution < -0.4 is 15.5 Å². The second-order valence-electron chi connectivity index (χ2n) is 6.41. The van der Waals surface area contributed by atoms with Crippen LogP contribution in [0.1, 0.15) is 18.1 Å². The molecule has 10 heteroatoms. The number of para-hydroxylation sites is 1. The molecule has 0 saturated carbocycles. The van der Waals surface area contributed by atoms with Crippen LogP contribution in [-0.2, 0) is 11.0 Å². The van der Waals surface area contributed by atoms with Gasteiger partial charge in [0.05, 0.1) is 17.0 Å². The highest BCUT2D eigenvalue weighted by Crippen LogP contribution is 2.34. The number of hydrogen-bond donors (Lipinski definition) is 2. The number of rotatable bonds is 6. The average molecular weight is 438 g/mol. The Kier molecular flexibility index (Phi) is 7.76. The fourth-order valence-electron chi connectivity index (χ4n) is 2.26. The Morgan fingerprint density at radius 2 is 1.77 bits per heavy atom. The summed E-state index contributed by atoms with van der Waals surface area (Å²) in [5.74, 6) is 0.366. The number of likely N-dealkylation sites (N-methyl/N-ethyl adjacent to an activating group) is 1. The van der Waals surface area contributed by atoms with E-state index < -0.39 is 11.7 Å². The van der Waals surface area contributed by atoms with Crippen LogP contribution in [-0.4, -0.2) is 42.3 Å². The van der Waals surface area contributed by atoms with E-state index in [9.17, 15) is 18.0 Å². The van der Waals surface area contributed by atoms with Crippen LogP contribution in [0, 0.1) is 0 Å². The summed E-state index contributed by atoms with van der Waals surface area (Å²) in [5.41, 5.74) is 2.85. The highest BCUT2D eigenvalue weighted by molar-refractivity contribution is 7.80. The Morgan fingerprint density at radius 3 is 2.37 bits per heavy atom. The number of alkyl halides is 3. The van der Waals surface area contributed by atoms with Crippen molar-refractivity contribution in [2.75, 3.05) is 26.0 Å². The molecule has 0 unspecified atom stereocenters. The van der Waals surface area contributed by atoms with Crippen molar-refractivity contribution >= 4 is 34.6 Å². The molecule has 1 amide bonds. The van der Waals surface area contributed by atoms with Crippen molar-refractivity contribution in [3.8, 4) is 5.75 Å². The molecule has 160 valence electrons. The molecule has 30 heavy (non-hydrogen) atoms. The number of hydrazone groups is 1. The lowest BCUT2D eigenvalue weighted by molar-refractivity contribution is -0.137. The summed E-state index contributed by atoms with van der Waals surface area (Å²) >= 11 is 5.03. The first-order valence-corrected chi connectivity index (χ1v) is 9.19. The maximum Gasteiger partial charge on any atom is 0.418 e. The normalized spacial score (nSPS) is 11.6. The number of anilines is 1. The molecule has 2 aromatic rings. The van der Waals surface area contributed by atoms with Crippen molar-refractivity contribution in [3.63, 3.8) is 0 Å². The zero-order valence-corrected chi connectivity index (χ0v) is 17.4. The molecule has 0 saturated heterocycles. The fraction of sp³-hybridized carbons (Fsp3) is 0.250. The highest BCUT2D eigenvalue weighted by Gasteiger charge is 2.33. The van der Waals surface area contributed by atoms with Gasteiger partial charge in [0, 0.05) is 14.1 Å². The van der Waals surface area contributed by atoms with Gasteiger partial charge >= 0.3 is 6.18 Å². The highest BCUT2D eigenvalue weighted by atomic mass is 32.1. The van der Waals surface area contributed by atoms with Crippen LogP contribution in [0.25, 0.3) is 0 Å². The Balaban J connectivity index is 1.97. The Labute approximate surface area is 177 Å². The third-order valence-electron chi connectivity index (χ3n) is 3.94. The third-order valence-corrected chi connectivity index (χ3v) is 4.13. The summed E-state index contributed by atoms with van der Waals surface area (Å²) in [7, 11) is 3.28. The van der Waals surface area contributed by atoms with E-state index in [0.717, 1.165) is 11.6 Å². The summed E-state index contributed by atoms with van der Waals surface area (Å²) in [5, 5.41) is 6.52. The van der Waals surface area contributed by atoms with Gasteiger partial charge in [-0.2, -0.15) is 18.3 Å². The van der Waals surface area contributed by atoms with E-state index in [4.69, 9.17) is 17.0 Å². The quantitative estimate of drug-likeness (QED) is 0.407. The molecule has 2 rings (SSSR count). The molecular weight excluding hydrogens is 417 g/mol. The van der Waals surface area contributed by atoms with Crippen LogP contribution in [0.15, 0.2) is 53.6 Å². The topological polar surface area (TPSA) is 66.0 Å². The van der Waals surface area contributed by atoms with Crippen molar-refractivity contribution < 1.29 is 22.7 Å². The van der Waals surface area contributed by atoms with Gasteiger partial charge in [-0.05, 0) is 61.1 Å². The molecule has 0 atom stereocenters. The molecule has 2 aromatic carbocycles. The number of thiocarbonyl (C=S) groups is 1. The van der Waals surface area contributed by atoms with E-state index >= 15 is 0 Å². The van der Waals surface area contributed by atoms with E-state index in [-0.39, 0.29) is 23.3 Å². The molecule has 0 radical (unpaired) electrons. The number of nitrogens with one attached hydrogen (secondary N) is 2. The summed E-state index contributed by atoms with van der Waals surface area (Å²) in [4.78, 5) is 13.0. The monoisotopic (exact) mass is 438 g/mol. The molecule has 0 fully saturated rings. The van der Waals surface area contributed by atoms with Gasteiger partial charge in [0.1, 0.15) is 5.75 Å². The number of carbonyl (C=O) groups is 1. The van der Waals surface area contributed by atoms with Gasteiger partial charge < -0.3 is 15.0 Å². The van der Waals surface area contributed by atoms with Crippen molar-refractivity contribution in [3.05, 3.63) is 59.7 Å². The SMILES string of the molecule is C/C(=N\NC(=S)Nc1ccccc1C(F)(F)F)c1ccc(OCC(=O)N(C)C)cc1. The van der Waals surface area contributed by atoms with Gasteiger partial charge in [0.25, 0.3) is 5.91 Å². The van der Waals surface area contributed by atoms with E-state index in [1.54, 1.807) is 45.3 Å². The second-order valence-corrected chi connectivity index (χ2v) is 6.82. The number of carbonyl (C=O) groups excluding carboxylic acids is 1. The molecular formula is C20H21F3N4O2S. The number of hydrogen-bond acceptors (Lipinski definition) is 4. The van der Waals surface area contributed by atoms with Crippen LogP contribution in [0.3, 0.4) is 0 Å². The molecule has 2 N–H and O–H groups in total. The van der Waals surface area contributed by atoms with Crippen molar-refractivity contribution in [1.82, 2.24) is 10.3 Å². The molecule has 0 spiro atoms. The lowest BCUT2D eigenvalue weighted by Gasteiger charge is -2.14. The van der Waals surface area contributed by atoms with Crippen LogP contribution in [0.5, 0.6) is 5.75 Å². The Bertz CT molecular complexity index is 928. The second kappa shape index (κ2) is 10.1. The van der Waals surface area contributed by atoms with Gasteiger partial charge in [-0.3, -0.25) is 10.2 Å². The van der Waals surface area contributed by atoms with Gasteiger partial charge in [-0.15, -0.1) is 0 Å². The lowest BCUT2D eigenvalue weighted by Crippen LogP contribution is -2.27.